The summed E-state index contributed by atoms with van der Waals surface area (Å²) in [7, 11) is 0. The molecule has 0 aromatic carbocycles. The number of amides is 1. The summed E-state index contributed by atoms with van der Waals surface area (Å²) in [6, 6.07) is 3.58. The standard InChI is InChI=1S/C15H19N5O.2ClH/c16-10-15(5-1-2-6-15)19-14(21)12-3-4-13(18-9-12)20-8-7-17-11-20;;/h3-4,7-9,11H,1-2,5-6,10,16H2,(H,19,21);2*1H. The fourth-order valence-electron chi connectivity index (χ4n) is 2.81. The first kappa shape index (κ1) is 19.4. The molecule has 126 valence electrons. The first-order chi connectivity index (χ1) is 10.2. The summed E-state index contributed by atoms with van der Waals surface area (Å²) in [5.74, 6) is 0.630. The highest BCUT2D eigenvalue weighted by Gasteiger charge is 2.34. The van der Waals surface area contributed by atoms with E-state index in [0.717, 1.165) is 31.5 Å². The third-order valence-corrected chi connectivity index (χ3v) is 4.11. The van der Waals surface area contributed by atoms with Gasteiger partial charge in [-0.05, 0) is 25.0 Å². The number of pyridine rings is 1. The highest BCUT2D eigenvalue weighted by atomic mass is 35.5. The van der Waals surface area contributed by atoms with Crippen molar-refractivity contribution in [2.45, 2.75) is 31.2 Å². The maximum Gasteiger partial charge on any atom is 0.253 e. The minimum Gasteiger partial charge on any atom is -0.345 e. The van der Waals surface area contributed by atoms with Gasteiger partial charge in [-0.15, -0.1) is 24.8 Å². The van der Waals surface area contributed by atoms with Crippen molar-refractivity contribution < 1.29 is 4.79 Å². The van der Waals surface area contributed by atoms with Gasteiger partial charge in [-0.25, -0.2) is 9.97 Å². The minimum absolute atomic E-state index is 0. The second-order valence-electron chi connectivity index (χ2n) is 5.52. The van der Waals surface area contributed by atoms with Crippen molar-refractivity contribution in [3.63, 3.8) is 0 Å². The highest BCUT2D eigenvalue weighted by Crippen LogP contribution is 2.28. The lowest BCUT2D eigenvalue weighted by Gasteiger charge is -2.28. The molecular weight excluding hydrogens is 337 g/mol. The summed E-state index contributed by atoms with van der Waals surface area (Å²) < 4.78 is 1.79. The number of carbonyl (C=O) groups excluding carboxylic acids is 1. The Hall–Kier alpha value is -1.63. The Morgan fingerprint density at radius 2 is 2.04 bits per heavy atom. The smallest absolute Gasteiger partial charge is 0.253 e. The van der Waals surface area contributed by atoms with Gasteiger partial charge in [0.25, 0.3) is 5.91 Å². The van der Waals surface area contributed by atoms with Crippen LogP contribution in [0.2, 0.25) is 0 Å². The van der Waals surface area contributed by atoms with E-state index in [1.54, 1.807) is 35.4 Å². The maximum absolute atomic E-state index is 12.3. The maximum atomic E-state index is 12.3. The summed E-state index contributed by atoms with van der Waals surface area (Å²) >= 11 is 0. The number of imidazole rings is 1. The fourth-order valence-corrected chi connectivity index (χ4v) is 2.81. The molecule has 3 N–H and O–H groups in total. The Labute approximate surface area is 147 Å². The monoisotopic (exact) mass is 357 g/mol. The number of nitrogens with zero attached hydrogens (tertiary/aromatic N) is 3. The average Bonchev–Trinajstić information content (AvgIpc) is 3.19. The lowest BCUT2D eigenvalue weighted by molar-refractivity contribution is 0.0902. The van der Waals surface area contributed by atoms with E-state index < -0.39 is 0 Å². The molecular formula is C15H21Cl2N5O. The number of carbonyl (C=O) groups is 1. The van der Waals surface area contributed by atoms with Crippen molar-refractivity contribution >= 4 is 30.7 Å². The van der Waals surface area contributed by atoms with Crippen LogP contribution in [0.5, 0.6) is 0 Å². The molecule has 0 aliphatic heterocycles. The molecule has 3 rings (SSSR count). The molecule has 0 saturated heterocycles. The predicted octanol–water partition coefficient (Wildman–Crippen LogP) is 2.11. The van der Waals surface area contributed by atoms with Gasteiger partial charge in [0.1, 0.15) is 12.1 Å². The van der Waals surface area contributed by atoms with Gasteiger partial charge in [0.05, 0.1) is 11.1 Å². The Balaban J connectivity index is 0.00000132. The van der Waals surface area contributed by atoms with Gasteiger partial charge < -0.3 is 11.1 Å². The van der Waals surface area contributed by atoms with Crippen LogP contribution in [0.15, 0.2) is 37.1 Å². The lowest BCUT2D eigenvalue weighted by atomic mass is 9.97. The van der Waals surface area contributed by atoms with Gasteiger partial charge in [-0.1, -0.05) is 12.8 Å². The second kappa shape index (κ2) is 8.29. The lowest BCUT2D eigenvalue weighted by Crippen LogP contribution is -2.51. The molecule has 1 aliphatic rings. The first-order valence-corrected chi connectivity index (χ1v) is 7.19. The average molecular weight is 358 g/mol. The predicted molar refractivity (Wildman–Crippen MR) is 93.6 cm³/mol. The summed E-state index contributed by atoms with van der Waals surface area (Å²) in [5, 5.41) is 3.09. The summed E-state index contributed by atoms with van der Waals surface area (Å²) in [5.41, 5.74) is 6.16. The van der Waals surface area contributed by atoms with Crippen LogP contribution in [0.1, 0.15) is 36.0 Å². The molecule has 23 heavy (non-hydrogen) atoms. The van der Waals surface area contributed by atoms with Crippen LogP contribution in [0.3, 0.4) is 0 Å². The first-order valence-electron chi connectivity index (χ1n) is 7.19. The molecule has 2 aromatic heterocycles. The topological polar surface area (TPSA) is 85.8 Å². The van der Waals surface area contributed by atoms with Crippen molar-refractivity contribution in [1.29, 1.82) is 0 Å². The van der Waals surface area contributed by atoms with Gasteiger partial charge in [0, 0.05) is 25.1 Å². The molecule has 1 aliphatic carbocycles. The molecule has 1 fully saturated rings. The number of nitrogens with two attached hydrogens (primary N) is 1. The minimum atomic E-state index is -0.236. The summed E-state index contributed by atoms with van der Waals surface area (Å²) in [6.07, 6.45) is 10.9. The Bertz CT molecular complexity index is 609. The van der Waals surface area contributed by atoms with E-state index in [-0.39, 0.29) is 36.3 Å². The second-order valence-corrected chi connectivity index (χ2v) is 5.52. The highest BCUT2D eigenvalue weighted by molar-refractivity contribution is 5.94. The fraction of sp³-hybridized carbons (Fsp3) is 0.400. The number of aromatic nitrogens is 3. The summed E-state index contributed by atoms with van der Waals surface area (Å²) in [4.78, 5) is 20.6. The third kappa shape index (κ3) is 4.22. The van der Waals surface area contributed by atoms with Crippen LogP contribution in [0, 0.1) is 0 Å². The molecule has 0 atom stereocenters. The Morgan fingerprint density at radius 3 is 2.57 bits per heavy atom. The molecule has 1 saturated carbocycles. The van der Waals surface area contributed by atoms with Gasteiger partial charge in [-0.2, -0.15) is 0 Å². The van der Waals surface area contributed by atoms with Crippen LogP contribution in [0.25, 0.3) is 5.82 Å². The van der Waals surface area contributed by atoms with Crippen LogP contribution in [0.4, 0.5) is 0 Å². The van der Waals surface area contributed by atoms with E-state index in [4.69, 9.17) is 5.73 Å². The van der Waals surface area contributed by atoms with E-state index in [9.17, 15) is 4.79 Å². The molecule has 6 nitrogen and oxygen atoms in total. The number of hydrogen-bond donors (Lipinski definition) is 2. The van der Waals surface area contributed by atoms with Crippen LogP contribution in [-0.2, 0) is 0 Å². The largest absolute Gasteiger partial charge is 0.345 e. The molecule has 2 heterocycles. The van der Waals surface area contributed by atoms with Crippen molar-refractivity contribution in [1.82, 2.24) is 19.9 Å². The zero-order valence-corrected chi connectivity index (χ0v) is 14.3. The number of hydrogen-bond acceptors (Lipinski definition) is 4. The summed E-state index contributed by atoms with van der Waals surface area (Å²) in [6.45, 7) is 0.485. The zero-order valence-electron chi connectivity index (χ0n) is 12.6. The van der Waals surface area contributed by atoms with Gasteiger partial charge in [-0.3, -0.25) is 9.36 Å². The number of rotatable bonds is 4. The Morgan fingerprint density at radius 1 is 1.30 bits per heavy atom. The van der Waals surface area contributed by atoms with Gasteiger partial charge >= 0.3 is 0 Å². The number of halogens is 2. The van der Waals surface area contributed by atoms with E-state index in [1.807, 2.05) is 6.20 Å². The number of nitrogens with one attached hydrogen (secondary N) is 1. The SMILES string of the molecule is Cl.Cl.NCC1(NC(=O)c2ccc(-n3ccnc3)nc2)CCCC1. The molecule has 0 spiro atoms. The van der Waals surface area contributed by atoms with Crippen LogP contribution < -0.4 is 11.1 Å². The van der Waals surface area contributed by atoms with Crippen molar-refractivity contribution in [3.05, 3.63) is 42.6 Å². The molecule has 0 unspecified atom stereocenters. The molecule has 1 amide bonds. The molecule has 0 bridgehead atoms. The Kier molecular flexibility index (Phi) is 7.00. The van der Waals surface area contributed by atoms with Crippen molar-refractivity contribution in [2.24, 2.45) is 5.73 Å². The normalized spacial score (nSPS) is 15.3. The van der Waals surface area contributed by atoms with E-state index in [2.05, 4.69) is 15.3 Å². The van der Waals surface area contributed by atoms with Crippen molar-refractivity contribution in [3.8, 4) is 5.82 Å². The quantitative estimate of drug-likeness (QED) is 0.877. The van der Waals surface area contributed by atoms with Crippen LogP contribution >= 0.6 is 24.8 Å². The van der Waals surface area contributed by atoms with E-state index >= 15 is 0 Å². The van der Waals surface area contributed by atoms with Crippen molar-refractivity contribution in [2.75, 3.05) is 6.54 Å². The van der Waals surface area contributed by atoms with Gasteiger partial charge in [0.2, 0.25) is 0 Å². The molecule has 8 heteroatoms. The van der Waals surface area contributed by atoms with Gasteiger partial charge in [0.15, 0.2) is 0 Å². The zero-order chi connectivity index (χ0) is 14.7. The van der Waals surface area contributed by atoms with E-state index in [0.29, 0.717) is 12.1 Å². The van der Waals surface area contributed by atoms with Crippen LogP contribution in [-0.4, -0.2) is 32.5 Å². The third-order valence-electron chi connectivity index (χ3n) is 4.11. The van der Waals surface area contributed by atoms with E-state index in [1.165, 1.54) is 0 Å². The molecule has 2 aromatic rings. The molecule has 0 radical (unpaired) electrons.